The number of fused-ring (bicyclic) bond motifs is 1. The number of benzene rings is 1. The van der Waals surface area contributed by atoms with E-state index in [-0.39, 0.29) is 5.91 Å². The number of anilines is 1. The number of nitrogens with one attached hydrogen (secondary N) is 1. The van der Waals surface area contributed by atoms with Crippen LogP contribution in [0, 0.1) is 6.92 Å². The van der Waals surface area contributed by atoms with Crippen molar-refractivity contribution >= 4 is 43.9 Å². The summed E-state index contributed by atoms with van der Waals surface area (Å²) < 4.78 is 1.99. The van der Waals surface area contributed by atoms with Gasteiger partial charge in [0.25, 0.3) is 5.91 Å². The predicted octanol–water partition coefficient (Wildman–Crippen LogP) is 5.15. The average molecular weight is 452 g/mol. The monoisotopic (exact) mass is 451 g/mol. The number of aryl methyl sites for hydroxylation is 1. The third-order valence-electron chi connectivity index (χ3n) is 5.61. The summed E-state index contributed by atoms with van der Waals surface area (Å²) >= 11 is 2.98. The van der Waals surface area contributed by atoms with E-state index < -0.39 is 0 Å². The van der Waals surface area contributed by atoms with E-state index in [0.717, 1.165) is 41.2 Å². The lowest BCUT2D eigenvalue weighted by atomic mass is 10.1. The van der Waals surface area contributed by atoms with E-state index in [1.807, 2.05) is 35.9 Å². The number of aromatic nitrogens is 3. The van der Waals surface area contributed by atoms with E-state index >= 15 is 0 Å². The summed E-state index contributed by atoms with van der Waals surface area (Å²) in [5.74, 6) is -0.106. The second kappa shape index (κ2) is 8.90. The van der Waals surface area contributed by atoms with Crippen LogP contribution >= 0.6 is 22.7 Å². The standard InChI is InChI=1S/C23H25N5OS2/c1-16-19-12-20(31-22(19)28(26-16)13-17-8-4-2-5-9-17)21(29)25-23-24-18(15-30-23)14-27-10-6-3-7-11-27/h2,4-5,8-9,12,15H,3,6-7,10-11,13-14H2,1H3,(H,24,25,29). The molecule has 1 aliphatic heterocycles. The molecular formula is C23H25N5OS2. The number of carbonyl (C=O) groups excluding carboxylic acids is 1. The van der Waals surface area contributed by atoms with Gasteiger partial charge in [0.2, 0.25) is 0 Å². The first-order valence-electron chi connectivity index (χ1n) is 10.6. The number of thiazole rings is 1. The van der Waals surface area contributed by atoms with Crippen LogP contribution in [0.25, 0.3) is 10.2 Å². The van der Waals surface area contributed by atoms with Crippen LogP contribution in [-0.4, -0.2) is 38.7 Å². The third-order valence-corrected chi connectivity index (χ3v) is 7.57. The van der Waals surface area contributed by atoms with E-state index in [0.29, 0.717) is 16.6 Å². The highest BCUT2D eigenvalue weighted by atomic mass is 32.1. The molecule has 31 heavy (non-hydrogen) atoms. The lowest BCUT2D eigenvalue weighted by Crippen LogP contribution is -2.29. The molecule has 0 aliphatic carbocycles. The average Bonchev–Trinajstić information content (AvgIpc) is 3.48. The molecule has 160 valence electrons. The molecular weight excluding hydrogens is 426 g/mol. The first-order chi connectivity index (χ1) is 15.2. The van der Waals surface area contributed by atoms with E-state index in [1.165, 1.54) is 47.5 Å². The smallest absolute Gasteiger partial charge is 0.267 e. The van der Waals surface area contributed by atoms with Crippen molar-refractivity contribution in [2.45, 2.75) is 39.3 Å². The molecule has 3 aromatic heterocycles. The van der Waals surface area contributed by atoms with Crippen molar-refractivity contribution in [2.75, 3.05) is 18.4 Å². The van der Waals surface area contributed by atoms with Gasteiger partial charge in [0, 0.05) is 17.3 Å². The van der Waals surface area contributed by atoms with E-state index in [1.54, 1.807) is 0 Å². The molecule has 1 amide bonds. The zero-order valence-corrected chi connectivity index (χ0v) is 19.1. The van der Waals surface area contributed by atoms with Crippen LogP contribution in [-0.2, 0) is 13.1 Å². The highest BCUT2D eigenvalue weighted by Crippen LogP contribution is 2.30. The number of hydrogen-bond acceptors (Lipinski definition) is 6. The van der Waals surface area contributed by atoms with Crippen molar-refractivity contribution < 1.29 is 4.79 Å². The lowest BCUT2D eigenvalue weighted by Gasteiger charge is -2.25. The fraction of sp³-hybridized carbons (Fsp3) is 0.348. The Morgan fingerprint density at radius 2 is 1.94 bits per heavy atom. The minimum Gasteiger partial charge on any atom is -0.297 e. The van der Waals surface area contributed by atoms with Gasteiger partial charge in [-0.3, -0.25) is 19.7 Å². The number of rotatable bonds is 6. The summed E-state index contributed by atoms with van der Waals surface area (Å²) in [6.45, 7) is 5.83. The molecule has 6 nitrogen and oxygen atoms in total. The molecule has 0 radical (unpaired) electrons. The number of amides is 1. The maximum atomic E-state index is 12.9. The molecule has 1 saturated heterocycles. The number of thiophene rings is 1. The van der Waals surface area contributed by atoms with E-state index in [2.05, 4.69) is 37.8 Å². The Morgan fingerprint density at radius 3 is 2.74 bits per heavy atom. The molecule has 1 fully saturated rings. The summed E-state index contributed by atoms with van der Waals surface area (Å²) in [7, 11) is 0. The van der Waals surface area contributed by atoms with Crippen LogP contribution in [0.15, 0.2) is 41.8 Å². The molecule has 8 heteroatoms. The summed E-state index contributed by atoms with van der Waals surface area (Å²) in [6.07, 6.45) is 3.86. The lowest BCUT2D eigenvalue weighted by molar-refractivity contribution is 0.103. The Morgan fingerprint density at radius 1 is 1.13 bits per heavy atom. The van der Waals surface area contributed by atoms with Crippen molar-refractivity contribution in [2.24, 2.45) is 0 Å². The molecule has 0 bridgehead atoms. The van der Waals surface area contributed by atoms with Crippen molar-refractivity contribution in [3.8, 4) is 0 Å². The third kappa shape index (κ3) is 4.56. The summed E-state index contributed by atoms with van der Waals surface area (Å²) in [5, 5.41) is 11.4. The minimum absolute atomic E-state index is 0.106. The van der Waals surface area contributed by atoms with Crippen LogP contribution < -0.4 is 5.32 Å². The van der Waals surface area contributed by atoms with E-state index in [4.69, 9.17) is 0 Å². The summed E-state index contributed by atoms with van der Waals surface area (Å²) in [6, 6.07) is 12.2. The van der Waals surface area contributed by atoms with Gasteiger partial charge in [-0.25, -0.2) is 4.98 Å². The molecule has 0 unspecified atom stereocenters. The van der Waals surface area contributed by atoms with Gasteiger partial charge in [0.15, 0.2) is 5.13 Å². The van der Waals surface area contributed by atoms with Gasteiger partial charge in [-0.15, -0.1) is 22.7 Å². The molecule has 1 aromatic carbocycles. The molecule has 0 spiro atoms. The van der Waals surface area contributed by atoms with Crippen molar-refractivity contribution in [3.63, 3.8) is 0 Å². The van der Waals surface area contributed by atoms with Crippen LogP contribution in [0.2, 0.25) is 0 Å². The number of likely N-dealkylation sites (tertiary alicyclic amines) is 1. The van der Waals surface area contributed by atoms with Crippen LogP contribution in [0.1, 0.15) is 45.9 Å². The fourth-order valence-electron chi connectivity index (χ4n) is 4.03. The molecule has 0 saturated carbocycles. The second-order valence-electron chi connectivity index (χ2n) is 7.99. The normalized spacial score (nSPS) is 14.9. The Kier molecular flexibility index (Phi) is 5.85. The molecule has 1 aliphatic rings. The topological polar surface area (TPSA) is 63.1 Å². The van der Waals surface area contributed by atoms with Gasteiger partial charge in [-0.05, 0) is 44.5 Å². The van der Waals surface area contributed by atoms with Crippen LogP contribution in [0.3, 0.4) is 0 Å². The van der Waals surface area contributed by atoms with Gasteiger partial charge in [0.05, 0.1) is 22.8 Å². The Balaban J connectivity index is 1.29. The van der Waals surface area contributed by atoms with Crippen molar-refractivity contribution in [3.05, 3.63) is 63.6 Å². The molecule has 5 rings (SSSR count). The first-order valence-corrected chi connectivity index (χ1v) is 12.3. The number of nitrogens with zero attached hydrogens (tertiary/aromatic N) is 4. The molecule has 4 aromatic rings. The van der Waals surface area contributed by atoms with Crippen molar-refractivity contribution in [1.82, 2.24) is 19.7 Å². The fourth-order valence-corrected chi connectivity index (χ4v) is 5.78. The SMILES string of the molecule is Cc1nn(Cc2ccccc2)c2sc(C(=O)Nc3nc(CN4CCCCC4)cs3)cc12. The molecule has 1 N–H and O–H groups in total. The van der Waals surface area contributed by atoms with Crippen LogP contribution in [0.4, 0.5) is 5.13 Å². The Bertz CT molecular complexity index is 1190. The first kappa shape index (κ1) is 20.4. The second-order valence-corrected chi connectivity index (χ2v) is 9.88. The highest BCUT2D eigenvalue weighted by molar-refractivity contribution is 7.20. The van der Waals surface area contributed by atoms with Gasteiger partial charge < -0.3 is 0 Å². The van der Waals surface area contributed by atoms with Gasteiger partial charge in [-0.2, -0.15) is 5.10 Å². The van der Waals surface area contributed by atoms with Gasteiger partial charge in [-0.1, -0.05) is 36.8 Å². The zero-order valence-electron chi connectivity index (χ0n) is 17.5. The Labute approximate surface area is 189 Å². The van der Waals surface area contributed by atoms with E-state index in [9.17, 15) is 4.79 Å². The Hall–Kier alpha value is -2.55. The predicted molar refractivity (Wildman–Crippen MR) is 127 cm³/mol. The quantitative estimate of drug-likeness (QED) is 0.440. The van der Waals surface area contributed by atoms with Crippen LogP contribution in [0.5, 0.6) is 0 Å². The number of piperidine rings is 1. The largest absolute Gasteiger partial charge is 0.297 e. The van der Waals surface area contributed by atoms with Gasteiger partial charge in [0.1, 0.15) is 4.83 Å². The minimum atomic E-state index is -0.106. The molecule has 4 heterocycles. The molecule has 0 atom stereocenters. The zero-order chi connectivity index (χ0) is 21.2. The van der Waals surface area contributed by atoms with Crippen molar-refractivity contribution in [1.29, 1.82) is 0 Å². The maximum absolute atomic E-state index is 12.9. The number of hydrogen-bond donors (Lipinski definition) is 1. The maximum Gasteiger partial charge on any atom is 0.267 e. The van der Waals surface area contributed by atoms with Gasteiger partial charge >= 0.3 is 0 Å². The summed E-state index contributed by atoms with van der Waals surface area (Å²) in [5.41, 5.74) is 3.17. The summed E-state index contributed by atoms with van der Waals surface area (Å²) in [4.78, 5) is 21.7. The highest BCUT2D eigenvalue weighted by Gasteiger charge is 2.18. The number of carbonyl (C=O) groups is 1.